The van der Waals surface area contributed by atoms with Crippen molar-refractivity contribution in [3.8, 4) is 17.2 Å². The van der Waals surface area contributed by atoms with Crippen molar-refractivity contribution in [3.05, 3.63) is 103 Å². The summed E-state index contributed by atoms with van der Waals surface area (Å²) in [6.45, 7) is 2.02. The topological polar surface area (TPSA) is 60.7 Å². The molecule has 29 heavy (non-hydrogen) atoms. The Bertz CT molecular complexity index is 1040. The molecule has 0 unspecified atom stereocenters. The zero-order valence-corrected chi connectivity index (χ0v) is 17.1. The largest absolute Gasteiger partial charge is 0.508 e. The van der Waals surface area contributed by atoms with Crippen LogP contribution >= 0.6 is 0 Å². The lowest BCUT2D eigenvalue weighted by Gasteiger charge is -2.35. The van der Waals surface area contributed by atoms with Gasteiger partial charge >= 0.3 is 0 Å². The number of phenols is 3. The minimum absolute atomic E-state index is 0.145. The Morgan fingerprint density at radius 3 is 1.17 bits per heavy atom. The van der Waals surface area contributed by atoms with Gasteiger partial charge < -0.3 is 15.3 Å². The van der Waals surface area contributed by atoms with Gasteiger partial charge in [-0.25, -0.2) is 0 Å². The number of rotatable bonds is 4. The first-order valence-electron chi connectivity index (χ1n) is 9.47. The summed E-state index contributed by atoms with van der Waals surface area (Å²) in [5.74, 6) is 0.434. The fraction of sp³-hybridized carbons (Fsp3) is 0.0400. The van der Waals surface area contributed by atoms with E-state index in [0.29, 0.717) is 15.6 Å². The van der Waals surface area contributed by atoms with Crippen molar-refractivity contribution in [1.29, 1.82) is 0 Å². The van der Waals surface area contributed by atoms with Crippen LogP contribution in [0, 0.1) is 6.92 Å². The summed E-state index contributed by atoms with van der Waals surface area (Å²) in [7, 11) is -3.21. The number of hydrogen-bond acceptors (Lipinski definition) is 3. The second-order valence-electron chi connectivity index (χ2n) is 7.17. The van der Waals surface area contributed by atoms with Crippen molar-refractivity contribution >= 4 is 28.8 Å². The Morgan fingerprint density at radius 2 is 0.828 bits per heavy atom. The highest BCUT2D eigenvalue weighted by Gasteiger charge is 2.46. The first-order valence-corrected chi connectivity index (χ1v) is 11.5. The lowest BCUT2D eigenvalue weighted by atomic mass is 10.2. The minimum atomic E-state index is -3.21. The van der Waals surface area contributed by atoms with Gasteiger partial charge in [-0.15, -0.1) is 0 Å². The van der Waals surface area contributed by atoms with Crippen molar-refractivity contribution in [1.82, 2.24) is 0 Å². The SMILES string of the molecule is Cc1ccc([Si](c2ccccc2O)(c2ccccc2O)c2ccccc2O)cc1. The van der Waals surface area contributed by atoms with Crippen molar-refractivity contribution in [2.45, 2.75) is 6.92 Å². The van der Waals surface area contributed by atoms with E-state index in [1.807, 2.05) is 67.6 Å². The summed E-state index contributed by atoms with van der Waals surface area (Å²) in [5, 5.41) is 35.9. The van der Waals surface area contributed by atoms with Gasteiger partial charge in [-0.1, -0.05) is 84.4 Å². The van der Waals surface area contributed by atoms with Gasteiger partial charge in [-0.05, 0) is 45.9 Å². The first-order chi connectivity index (χ1) is 14.0. The highest BCUT2D eigenvalue weighted by atomic mass is 28.3. The Balaban J connectivity index is 2.23. The van der Waals surface area contributed by atoms with E-state index < -0.39 is 8.07 Å². The first kappa shape index (κ1) is 18.8. The molecule has 0 radical (unpaired) electrons. The third-order valence-corrected chi connectivity index (χ3v) is 10.3. The summed E-state index contributed by atoms with van der Waals surface area (Å²) in [6, 6.07) is 29.7. The zero-order valence-electron chi connectivity index (χ0n) is 16.1. The quantitative estimate of drug-likeness (QED) is 0.366. The molecule has 4 heteroatoms. The van der Waals surface area contributed by atoms with Gasteiger partial charge in [-0.2, -0.15) is 0 Å². The molecule has 144 valence electrons. The molecule has 0 fully saturated rings. The van der Waals surface area contributed by atoms with Gasteiger partial charge in [-0.3, -0.25) is 0 Å². The molecule has 0 aromatic heterocycles. The number of benzene rings is 4. The molecule has 4 rings (SSSR count). The van der Waals surface area contributed by atoms with Gasteiger partial charge in [0, 0.05) is 0 Å². The Labute approximate surface area is 171 Å². The molecule has 0 aliphatic heterocycles. The highest BCUT2D eigenvalue weighted by molar-refractivity contribution is 7.20. The summed E-state index contributed by atoms with van der Waals surface area (Å²) < 4.78 is 0. The normalized spacial score (nSPS) is 11.3. The minimum Gasteiger partial charge on any atom is -0.508 e. The van der Waals surface area contributed by atoms with E-state index in [-0.39, 0.29) is 17.2 Å². The number of phenolic OH excluding ortho intramolecular Hbond substituents is 3. The fourth-order valence-electron chi connectivity index (χ4n) is 4.08. The van der Waals surface area contributed by atoms with E-state index in [1.54, 1.807) is 36.4 Å². The van der Waals surface area contributed by atoms with Crippen LogP contribution < -0.4 is 20.7 Å². The molecule has 0 bridgehead atoms. The van der Waals surface area contributed by atoms with Crippen LogP contribution in [0.2, 0.25) is 0 Å². The number of aromatic hydroxyl groups is 3. The molecule has 4 aromatic carbocycles. The predicted molar refractivity (Wildman–Crippen MR) is 120 cm³/mol. The standard InChI is InChI=1S/C25H22O3Si/c1-18-14-16-19(17-15-18)29(23-11-5-2-8-20(23)26,24-12-6-3-9-21(24)27)25-13-7-4-10-22(25)28/h2-17,26-28H,1H3. The lowest BCUT2D eigenvalue weighted by molar-refractivity contribution is 0.477. The maximum absolute atomic E-state index is 10.9. The van der Waals surface area contributed by atoms with E-state index in [4.69, 9.17) is 0 Å². The Hall–Kier alpha value is -3.50. The molecule has 3 nitrogen and oxygen atoms in total. The van der Waals surface area contributed by atoms with Gasteiger partial charge in [0.15, 0.2) is 8.07 Å². The molecular formula is C25H22O3Si. The third-order valence-electron chi connectivity index (χ3n) is 5.41. The average molecular weight is 399 g/mol. The molecule has 0 saturated heterocycles. The molecule has 0 saturated carbocycles. The van der Waals surface area contributed by atoms with Gasteiger partial charge in [0.25, 0.3) is 0 Å². The fourth-order valence-corrected chi connectivity index (χ4v) is 8.99. The van der Waals surface area contributed by atoms with Crippen LogP contribution in [0.25, 0.3) is 0 Å². The summed E-state index contributed by atoms with van der Waals surface area (Å²) in [5.41, 5.74) is 1.11. The summed E-state index contributed by atoms with van der Waals surface area (Å²) in [4.78, 5) is 0. The molecule has 0 heterocycles. The highest BCUT2D eigenvalue weighted by Crippen LogP contribution is 2.22. The van der Waals surface area contributed by atoms with E-state index in [2.05, 4.69) is 0 Å². The molecule has 4 aromatic rings. The smallest absolute Gasteiger partial charge is 0.192 e. The molecule has 0 spiro atoms. The van der Waals surface area contributed by atoms with Crippen LogP contribution in [0.15, 0.2) is 97.1 Å². The Kier molecular flexibility index (Phi) is 4.87. The summed E-state index contributed by atoms with van der Waals surface area (Å²) in [6.07, 6.45) is 0. The number of para-hydroxylation sites is 3. The van der Waals surface area contributed by atoms with Crippen LogP contribution in [-0.2, 0) is 0 Å². The second-order valence-corrected chi connectivity index (χ2v) is 10.9. The van der Waals surface area contributed by atoms with Gasteiger partial charge in [0.2, 0.25) is 0 Å². The van der Waals surface area contributed by atoms with E-state index in [1.165, 1.54) is 0 Å². The maximum atomic E-state index is 10.9. The van der Waals surface area contributed by atoms with E-state index in [0.717, 1.165) is 10.8 Å². The maximum Gasteiger partial charge on any atom is 0.192 e. The van der Waals surface area contributed by atoms with Crippen LogP contribution in [0.1, 0.15) is 5.56 Å². The molecule has 0 atom stereocenters. The number of hydrogen-bond donors (Lipinski definition) is 3. The molecular weight excluding hydrogens is 376 g/mol. The molecule has 0 amide bonds. The third kappa shape index (κ3) is 3.08. The zero-order chi connectivity index (χ0) is 20.4. The monoisotopic (exact) mass is 398 g/mol. The van der Waals surface area contributed by atoms with Crippen molar-refractivity contribution in [2.75, 3.05) is 0 Å². The van der Waals surface area contributed by atoms with Crippen molar-refractivity contribution in [3.63, 3.8) is 0 Å². The molecule has 3 N–H and O–H groups in total. The summed E-state index contributed by atoms with van der Waals surface area (Å²) >= 11 is 0. The van der Waals surface area contributed by atoms with E-state index >= 15 is 0 Å². The van der Waals surface area contributed by atoms with E-state index in [9.17, 15) is 15.3 Å². The van der Waals surface area contributed by atoms with Crippen LogP contribution in [0.4, 0.5) is 0 Å². The molecule has 0 aliphatic rings. The predicted octanol–water partition coefficient (Wildman–Crippen LogP) is 2.49. The lowest BCUT2D eigenvalue weighted by Crippen LogP contribution is -2.74. The Morgan fingerprint density at radius 1 is 0.483 bits per heavy atom. The number of aryl methyl sites for hydroxylation is 1. The van der Waals surface area contributed by atoms with Crippen LogP contribution in [0.5, 0.6) is 17.2 Å². The van der Waals surface area contributed by atoms with Crippen LogP contribution in [0.3, 0.4) is 0 Å². The second kappa shape index (κ2) is 7.49. The average Bonchev–Trinajstić information content (AvgIpc) is 2.73. The van der Waals surface area contributed by atoms with Crippen molar-refractivity contribution in [2.24, 2.45) is 0 Å². The van der Waals surface area contributed by atoms with Crippen molar-refractivity contribution < 1.29 is 15.3 Å². The molecule has 0 aliphatic carbocycles. The van der Waals surface area contributed by atoms with Gasteiger partial charge in [0.1, 0.15) is 17.2 Å². The van der Waals surface area contributed by atoms with Crippen LogP contribution in [-0.4, -0.2) is 23.4 Å². The van der Waals surface area contributed by atoms with Gasteiger partial charge in [0.05, 0.1) is 0 Å².